The van der Waals surface area contributed by atoms with Gasteiger partial charge in [-0.25, -0.2) is 4.39 Å². The van der Waals surface area contributed by atoms with Crippen LogP contribution in [-0.2, 0) is 0 Å². The SMILES string of the molecule is CC(N[C@H](C)c1ccccn1)c1ccc(F)cc1. The van der Waals surface area contributed by atoms with Gasteiger partial charge in [-0.1, -0.05) is 18.2 Å². The Morgan fingerprint density at radius 3 is 2.33 bits per heavy atom. The summed E-state index contributed by atoms with van der Waals surface area (Å²) in [5.74, 6) is -0.205. The van der Waals surface area contributed by atoms with Crippen molar-refractivity contribution in [1.82, 2.24) is 10.3 Å². The summed E-state index contributed by atoms with van der Waals surface area (Å²) in [5.41, 5.74) is 2.07. The predicted molar refractivity (Wildman–Crippen MR) is 70.6 cm³/mol. The van der Waals surface area contributed by atoms with Crippen molar-refractivity contribution < 1.29 is 4.39 Å². The maximum Gasteiger partial charge on any atom is 0.123 e. The van der Waals surface area contributed by atoms with Crippen molar-refractivity contribution in [3.05, 3.63) is 65.7 Å². The first-order valence-electron chi connectivity index (χ1n) is 6.09. The van der Waals surface area contributed by atoms with Crippen molar-refractivity contribution in [3.8, 4) is 0 Å². The van der Waals surface area contributed by atoms with Gasteiger partial charge in [-0.15, -0.1) is 0 Å². The van der Waals surface area contributed by atoms with Gasteiger partial charge >= 0.3 is 0 Å². The first-order valence-corrected chi connectivity index (χ1v) is 6.09. The highest BCUT2D eigenvalue weighted by Crippen LogP contribution is 2.18. The third kappa shape index (κ3) is 3.14. The summed E-state index contributed by atoms with van der Waals surface area (Å²) in [6.07, 6.45) is 1.79. The number of nitrogens with one attached hydrogen (secondary N) is 1. The standard InChI is InChI=1S/C15H17FN2/c1-11(13-6-8-14(16)9-7-13)18-12(2)15-5-3-4-10-17-15/h3-12,18H,1-2H3/t11?,12-/m1/s1. The van der Waals surface area contributed by atoms with Crippen LogP contribution in [0.2, 0.25) is 0 Å². The van der Waals surface area contributed by atoms with Crippen molar-refractivity contribution in [1.29, 1.82) is 0 Å². The Kier molecular flexibility index (Phi) is 4.05. The van der Waals surface area contributed by atoms with Crippen molar-refractivity contribution in [2.45, 2.75) is 25.9 Å². The quantitative estimate of drug-likeness (QED) is 0.888. The Morgan fingerprint density at radius 1 is 1.00 bits per heavy atom. The number of pyridine rings is 1. The fraction of sp³-hybridized carbons (Fsp3) is 0.267. The normalized spacial score (nSPS) is 14.2. The van der Waals surface area contributed by atoms with Crippen LogP contribution >= 0.6 is 0 Å². The lowest BCUT2D eigenvalue weighted by atomic mass is 10.1. The fourth-order valence-electron chi connectivity index (χ4n) is 1.94. The molecule has 0 fully saturated rings. The van der Waals surface area contributed by atoms with Crippen molar-refractivity contribution in [3.63, 3.8) is 0 Å². The van der Waals surface area contributed by atoms with Crippen LogP contribution in [0.1, 0.15) is 37.2 Å². The van der Waals surface area contributed by atoms with E-state index in [1.54, 1.807) is 18.3 Å². The average Bonchev–Trinajstić information content (AvgIpc) is 2.40. The van der Waals surface area contributed by atoms with Crippen LogP contribution < -0.4 is 5.32 Å². The van der Waals surface area contributed by atoms with Crippen LogP contribution in [0.5, 0.6) is 0 Å². The number of hydrogen-bond acceptors (Lipinski definition) is 2. The number of halogens is 1. The zero-order chi connectivity index (χ0) is 13.0. The van der Waals surface area contributed by atoms with E-state index in [0.29, 0.717) is 0 Å². The second-order valence-corrected chi connectivity index (χ2v) is 4.42. The van der Waals surface area contributed by atoms with E-state index in [1.807, 2.05) is 18.2 Å². The largest absolute Gasteiger partial charge is 0.302 e. The highest BCUT2D eigenvalue weighted by atomic mass is 19.1. The molecular formula is C15H17FN2. The molecule has 2 nitrogen and oxygen atoms in total. The van der Waals surface area contributed by atoms with Crippen LogP contribution in [0.3, 0.4) is 0 Å². The Bertz CT molecular complexity index is 482. The number of rotatable bonds is 4. The van der Waals surface area contributed by atoms with Crippen LogP contribution in [0.15, 0.2) is 48.7 Å². The molecule has 2 atom stereocenters. The smallest absolute Gasteiger partial charge is 0.123 e. The molecule has 0 radical (unpaired) electrons. The van der Waals surface area contributed by atoms with Crippen LogP contribution in [-0.4, -0.2) is 4.98 Å². The molecule has 0 saturated heterocycles. The van der Waals surface area contributed by atoms with Gasteiger partial charge in [0.15, 0.2) is 0 Å². The van der Waals surface area contributed by atoms with Crippen molar-refractivity contribution in [2.75, 3.05) is 0 Å². The third-order valence-electron chi connectivity index (χ3n) is 3.00. The number of aromatic nitrogens is 1. The molecule has 94 valence electrons. The molecule has 0 aliphatic carbocycles. The Balaban J connectivity index is 2.03. The zero-order valence-corrected chi connectivity index (χ0v) is 10.6. The summed E-state index contributed by atoms with van der Waals surface area (Å²) < 4.78 is 12.8. The summed E-state index contributed by atoms with van der Waals surface area (Å²) >= 11 is 0. The number of benzene rings is 1. The first kappa shape index (κ1) is 12.7. The van der Waals surface area contributed by atoms with Gasteiger partial charge < -0.3 is 5.32 Å². The molecule has 0 amide bonds. The van der Waals surface area contributed by atoms with Gasteiger partial charge in [0.25, 0.3) is 0 Å². The van der Waals surface area contributed by atoms with Gasteiger partial charge in [-0.2, -0.15) is 0 Å². The van der Waals surface area contributed by atoms with Crippen LogP contribution in [0.4, 0.5) is 4.39 Å². The molecule has 1 unspecified atom stereocenters. The van der Waals surface area contributed by atoms with Crippen molar-refractivity contribution >= 4 is 0 Å². The van der Waals surface area contributed by atoms with E-state index in [9.17, 15) is 4.39 Å². The molecular weight excluding hydrogens is 227 g/mol. The molecule has 2 rings (SSSR count). The highest BCUT2D eigenvalue weighted by molar-refractivity contribution is 5.20. The van der Waals surface area contributed by atoms with E-state index in [-0.39, 0.29) is 17.9 Å². The molecule has 1 heterocycles. The second kappa shape index (κ2) is 5.74. The summed E-state index contributed by atoms with van der Waals surface area (Å²) in [6.45, 7) is 4.13. The highest BCUT2D eigenvalue weighted by Gasteiger charge is 2.11. The Labute approximate surface area is 107 Å². The minimum atomic E-state index is -0.205. The van der Waals surface area contributed by atoms with E-state index < -0.39 is 0 Å². The lowest BCUT2D eigenvalue weighted by Crippen LogP contribution is -2.23. The van der Waals surface area contributed by atoms with Crippen molar-refractivity contribution in [2.24, 2.45) is 0 Å². The predicted octanol–water partition coefficient (Wildman–Crippen LogP) is 3.63. The average molecular weight is 244 g/mol. The van der Waals surface area contributed by atoms with E-state index >= 15 is 0 Å². The molecule has 3 heteroatoms. The monoisotopic (exact) mass is 244 g/mol. The van der Waals surface area contributed by atoms with Gasteiger partial charge in [0.05, 0.1) is 5.69 Å². The third-order valence-corrected chi connectivity index (χ3v) is 3.00. The van der Waals surface area contributed by atoms with Crippen LogP contribution in [0, 0.1) is 5.82 Å². The molecule has 1 N–H and O–H groups in total. The Hall–Kier alpha value is -1.74. The molecule has 18 heavy (non-hydrogen) atoms. The van der Waals surface area contributed by atoms with E-state index in [1.165, 1.54) is 12.1 Å². The second-order valence-electron chi connectivity index (χ2n) is 4.42. The zero-order valence-electron chi connectivity index (χ0n) is 10.6. The molecule has 0 spiro atoms. The maximum absolute atomic E-state index is 12.8. The summed E-state index contributed by atoms with van der Waals surface area (Å²) in [6, 6.07) is 12.8. The van der Waals surface area contributed by atoms with E-state index in [2.05, 4.69) is 24.1 Å². The minimum absolute atomic E-state index is 0.155. The van der Waals surface area contributed by atoms with Gasteiger partial charge in [-0.05, 0) is 43.7 Å². The minimum Gasteiger partial charge on any atom is -0.302 e. The Morgan fingerprint density at radius 2 is 1.72 bits per heavy atom. The van der Waals surface area contributed by atoms with Gasteiger partial charge in [-0.3, -0.25) is 4.98 Å². The van der Waals surface area contributed by atoms with E-state index in [4.69, 9.17) is 0 Å². The first-order chi connectivity index (χ1) is 8.66. The van der Waals surface area contributed by atoms with E-state index in [0.717, 1.165) is 11.3 Å². The van der Waals surface area contributed by atoms with Gasteiger partial charge in [0.2, 0.25) is 0 Å². The lowest BCUT2D eigenvalue weighted by Gasteiger charge is -2.20. The molecule has 0 aliphatic rings. The molecule has 1 aromatic heterocycles. The summed E-state index contributed by atoms with van der Waals surface area (Å²) in [5, 5.41) is 3.45. The molecule has 0 aliphatic heterocycles. The topological polar surface area (TPSA) is 24.9 Å². The summed E-state index contributed by atoms with van der Waals surface area (Å²) in [4.78, 5) is 4.32. The lowest BCUT2D eigenvalue weighted by molar-refractivity contribution is 0.485. The number of hydrogen-bond donors (Lipinski definition) is 1. The fourth-order valence-corrected chi connectivity index (χ4v) is 1.94. The number of nitrogens with zero attached hydrogens (tertiary/aromatic N) is 1. The maximum atomic E-state index is 12.8. The molecule has 0 bridgehead atoms. The van der Waals surface area contributed by atoms with Gasteiger partial charge in [0, 0.05) is 18.3 Å². The summed E-state index contributed by atoms with van der Waals surface area (Å²) in [7, 11) is 0. The van der Waals surface area contributed by atoms with Gasteiger partial charge in [0.1, 0.15) is 5.82 Å². The molecule has 0 saturated carbocycles. The molecule has 2 aromatic rings. The van der Waals surface area contributed by atoms with Crippen LogP contribution in [0.25, 0.3) is 0 Å². The molecule has 1 aromatic carbocycles.